The maximum absolute atomic E-state index is 12.7. The van der Waals surface area contributed by atoms with Crippen molar-refractivity contribution in [1.82, 2.24) is 9.80 Å². The zero-order valence-electron chi connectivity index (χ0n) is 14.9. The number of hydrogen-bond donors (Lipinski definition) is 0. The predicted octanol–water partition coefficient (Wildman–Crippen LogP) is 2.39. The van der Waals surface area contributed by atoms with Crippen LogP contribution >= 0.6 is 0 Å². The molecule has 4 nitrogen and oxygen atoms in total. The number of hydrogen-bond acceptors (Lipinski definition) is 3. The molecule has 2 aliphatic rings. The van der Waals surface area contributed by atoms with E-state index < -0.39 is 0 Å². The first kappa shape index (κ1) is 17.0. The Bertz CT molecular complexity index is 751. The van der Waals surface area contributed by atoms with Gasteiger partial charge in [-0.2, -0.15) is 0 Å². The van der Waals surface area contributed by atoms with Gasteiger partial charge in [0.2, 0.25) is 11.8 Å². The molecule has 2 fully saturated rings. The van der Waals surface area contributed by atoms with Crippen molar-refractivity contribution in [1.29, 1.82) is 0 Å². The summed E-state index contributed by atoms with van der Waals surface area (Å²) in [6.07, 6.45) is 1.69. The molecule has 0 saturated carbocycles. The third-order valence-corrected chi connectivity index (χ3v) is 5.59. The Balaban J connectivity index is 1.32. The summed E-state index contributed by atoms with van der Waals surface area (Å²) in [5.41, 5.74) is 2.46. The van der Waals surface area contributed by atoms with Crippen molar-refractivity contribution in [3.63, 3.8) is 0 Å². The first-order valence-corrected chi connectivity index (χ1v) is 9.38. The number of carbonyl (C=O) groups is 2. The maximum Gasteiger partial charge on any atom is 0.234 e. The summed E-state index contributed by atoms with van der Waals surface area (Å²) in [6, 6.07) is 20.4. The second-order valence-corrected chi connectivity index (χ2v) is 7.27. The predicted molar refractivity (Wildman–Crippen MR) is 100 cm³/mol. The number of carbonyl (C=O) groups excluding carboxylic acids is 2. The van der Waals surface area contributed by atoms with Crippen molar-refractivity contribution < 1.29 is 9.59 Å². The number of amides is 2. The molecule has 0 unspecified atom stereocenters. The van der Waals surface area contributed by atoms with Gasteiger partial charge in [0.1, 0.15) is 0 Å². The van der Waals surface area contributed by atoms with E-state index >= 15 is 0 Å². The van der Waals surface area contributed by atoms with E-state index in [1.54, 1.807) is 0 Å². The van der Waals surface area contributed by atoms with Crippen LogP contribution < -0.4 is 0 Å². The van der Waals surface area contributed by atoms with Crippen LogP contribution in [0.25, 0.3) is 0 Å². The van der Waals surface area contributed by atoms with Gasteiger partial charge in [0.25, 0.3) is 0 Å². The third-order valence-electron chi connectivity index (χ3n) is 5.59. The van der Waals surface area contributed by atoms with E-state index in [2.05, 4.69) is 17.0 Å². The van der Waals surface area contributed by atoms with Crippen LogP contribution in [0.15, 0.2) is 60.7 Å². The van der Waals surface area contributed by atoms with Gasteiger partial charge in [-0.05, 0) is 24.0 Å². The van der Waals surface area contributed by atoms with Gasteiger partial charge in [-0.25, -0.2) is 0 Å². The molecule has 26 heavy (non-hydrogen) atoms. The lowest BCUT2D eigenvalue weighted by atomic mass is 10.00. The Morgan fingerprint density at radius 2 is 1.15 bits per heavy atom. The number of benzene rings is 2. The zero-order valence-corrected chi connectivity index (χ0v) is 14.9. The number of fused-ring (bicyclic) bond motifs is 1. The van der Waals surface area contributed by atoms with Gasteiger partial charge in [-0.3, -0.25) is 14.5 Å². The maximum atomic E-state index is 12.7. The second-order valence-electron chi connectivity index (χ2n) is 7.27. The van der Waals surface area contributed by atoms with Crippen molar-refractivity contribution in [2.45, 2.75) is 12.8 Å². The summed E-state index contributed by atoms with van der Waals surface area (Å²) in [6.45, 7) is 2.83. The monoisotopic (exact) mass is 348 g/mol. The Labute approximate surface area is 154 Å². The SMILES string of the molecule is O=C1[C@H]2CN(CCc3ccccc3)C[C@H]2C(=O)N1CCc1ccccc1. The molecule has 4 rings (SSSR count). The molecule has 2 heterocycles. The Morgan fingerprint density at radius 1 is 0.692 bits per heavy atom. The van der Waals surface area contributed by atoms with Gasteiger partial charge < -0.3 is 4.90 Å². The number of imide groups is 1. The quantitative estimate of drug-likeness (QED) is 0.753. The molecule has 0 radical (unpaired) electrons. The van der Waals surface area contributed by atoms with Crippen LogP contribution in [0.4, 0.5) is 0 Å². The molecule has 2 aromatic rings. The summed E-state index contributed by atoms with van der Waals surface area (Å²) in [5.74, 6) is -0.237. The molecule has 2 aromatic carbocycles. The van der Waals surface area contributed by atoms with E-state index in [-0.39, 0.29) is 23.7 Å². The van der Waals surface area contributed by atoms with E-state index in [1.807, 2.05) is 48.5 Å². The van der Waals surface area contributed by atoms with Gasteiger partial charge >= 0.3 is 0 Å². The van der Waals surface area contributed by atoms with Crippen LogP contribution in [0.2, 0.25) is 0 Å². The molecule has 0 aromatic heterocycles. The number of likely N-dealkylation sites (tertiary alicyclic amines) is 2. The smallest absolute Gasteiger partial charge is 0.234 e. The highest BCUT2D eigenvalue weighted by Gasteiger charge is 2.51. The lowest BCUT2D eigenvalue weighted by Crippen LogP contribution is -2.37. The van der Waals surface area contributed by atoms with Crippen LogP contribution in [-0.2, 0) is 22.4 Å². The Morgan fingerprint density at radius 3 is 1.65 bits per heavy atom. The molecule has 2 aliphatic heterocycles. The zero-order chi connectivity index (χ0) is 17.9. The normalized spacial score (nSPS) is 22.8. The summed E-state index contributed by atoms with van der Waals surface area (Å²) in [7, 11) is 0. The van der Waals surface area contributed by atoms with Gasteiger partial charge in [0.05, 0.1) is 11.8 Å². The van der Waals surface area contributed by atoms with Crippen LogP contribution in [0.5, 0.6) is 0 Å². The lowest BCUT2D eigenvalue weighted by molar-refractivity contribution is -0.140. The van der Waals surface area contributed by atoms with Gasteiger partial charge in [0.15, 0.2) is 0 Å². The molecule has 0 spiro atoms. The minimum Gasteiger partial charge on any atom is -0.301 e. The van der Waals surface area contributed by atoms with E-state index in [0.717, 1.165) is 24.9 Å². The van der Waals surface area contributed by atoms with Crippen LogP contribution in [0.3, 0.4) is 0 Å². The van der Waals surface area contributed by atoms with Crippen molar-refractivity contribution in [2.24, 2.45) is 11.8 Å². The Hall–Kier alpha value is -2.46. The van der Waals surface area contributed by atoms with Gasteiger partial charge in [-0.15, -0.1) is 0 Å². The first-order valence-electron chi connectivity index (χ1n) is 9.38. The molecular weight excluding hydrogens is 324 g/mol. The molecule has 0 bridgehead atoms. The molecule has 2 saturated heterocycles. The van der Waals surface area contributed by atoms with Crippen molar-refractivity contribution in [3.8, 4) is 0 Å². The first-order chi connectivity index (χ1) is 12.7. The van der Waals surface area contributed by atoms with E-state index in [1.165, 1.54) is 10.5 Å². The summed E-state index contributed by atoms with van der Waals surface area (Å²) in [5, 5.41) is 0. The average Bonchev–Trinajstić information content (AvgIpc) is 3.20. The van der Waals surface area contributed by atoms with E-state index in [9.17, 15) is 9.59 Å². The summed E-state index contributed by atoms with van der Waals surface area (Å²) >= 11 is 0. The Kier molecular flexibility index (Phi) is 4.85. The molecule has 2 atom stereocenters. The molecule has 0 N–H and O–H groups in total. The van der Waals surface area contributed by atoms with Gasteiger partial charge in [0, 0.05) is 26.2 Å². The fraction of sp³-hybridized carbons (Fsp3) is 0.364. The summed E-state index contributed by atoms with van der Waals surface area (Å²) < 4.78 is 0. The second kappa shape index (κ2) is 7.42. The molecule has 0 aliphatic carbocycles. The fourth-order valence-electron chi connectivity index (χ4n) is 4.12. The molecular formula is C22H24N2O2. The highest BCUT2D eigenvalue weighted by Crippen LogP contribution is 2.33. The van der Waals surface area contributed by atoms with Crippen LogP contribution in [0, 0.1) is 11.8 Å². The molecule has 2 amide bonds. The minimum absolute atomic E-state index is 0.0261. The largest absolute Gasteiger partial charge is 0.301 e. The molecule has 134 valence electrons. The molecule has 4 heteroatoms. The van der Waals surface area contributed by atoms with Crippen LogP contribution in [0.1, 0.15) is 11.1 Å². The van der Waals surface area contributed by atoms with Crippen molar-refractivity contribution in [2.75, 3.05) is 26.2 Å². The van der Waals surface area contributed by atoms with E-state index in [0.29, 0.717) is 19.6 Å². The summed E-state index contributed by atoms with van der Waals surface area (Å²) in [4.78, 5) is 29.2. The number of rotatable bonds is 6. The van der Waals surface area contributed by atoms with Crippen molar-refractivity contribution in [3.05, 3.63) is 71.8 Å². The van der Waals surface area contributed by atoms with Gasteiger partial charge in [-0.1, -0.05) is 60.7 Å². The standard InChI is InChI=1S/C22H24N2O2/c25-21-19-15-23(13-11-17-7-3-1-4-8-17)16-20(19)22(26)24(21)14-12-18-9-5-2-6-10-18/h1-10,19-20H,11-16H2/t19-,20+. The lowest BCUT2D eigenvalue weighted by Gasteiger charge is -2.20. The fourth-order valence-corrected chi connectivity index (χ4v) is 4.12. The van der Waals surface area contributed by atoms with Crippen molar-refractivity contribution >= 4 is 11.8 Å². The minimum atomic E-state index is -0.144. The van der Waals surface area contributed by atoms with E-state index in [4.69, 9.17) is 0 Å². The van der Waals surface area contributed by atoms with Crippen LogP contribution in [-0.4, -0.2) is 47.8 Å². The third kappa shape index (κ3) is 3.42. The average molecular weight is 348 g/mol. The topological polar surface area (TPSA) is 40.6 Å². The number of nitrogens with zero attached hydrogens (tertiary/aromatic N) is 2. The highest BCUT2D eigenvalue weighted by atomic mass is 16.2. The highest BCUT2D eigenvalue weighted by molar-refractivity contribution is 6.05.